The van der Waals surface area contributed by atoms with Gasteiger partial charge in [0.15, 0.2) is 0 Å². The molecule has 1 unspecified atom stereocenters. The average molecular weight is 527 g/mol. The number of rotatable bonds is 8. The van der Waals surface area contributed by atoms with Crippen molar-refractivity contribution in [3.05, 3.63) is 83.5 Å². The molecule has 1 fully saturated rings. The van der Waals surface area contributed by atoms with Gasteiger partial charge in [0.1, 0.15) is 17.4 Å². The van der Waals surface area contributed by atoms with Crippen molar-refractivity contribution in [1.29, 1.82) is 0 Å². The van der Waals surface area contributed by atoms with E-state index in [1.807, 2.05) is 6.20 Å². The van der Waals surface area contributed by atoms with Gasteiger partial charge in [0.2, 0.25) is 0 Å². The summed E-state index contributed by atoms with van der Waals surface area (Å²) < 4.78 is 5.44. The Kier molecular flexibility index (Phi) is 7.45. The maximum atomic E-state index is 5.44. The number of amidine groups is 1. The van der Waals surface area contributed by atoms with E-state index in [1.54, 1.807) is 7.11 Å². The summed E-state index contributed by atoms with van der Waals surface area (Å²) in [6.07, 6.45) is 13.2. The number of pyridine rings is 1. The predicted molar refractivity (Wildman–Crippen MR) is 157 cm³/mol. The van der Waals surface area contributed by atoms with E-state index < -0.39 is 0 Å². The maximum Gasteiger partial charge on any atom is 0.129 e. The first-order chi connectivity index (χ1) is 19.0. The van der Waals surface area contributed by atoms with Crippen molar-refractivity contribution in [2.75, 3.05) is 47.4 Å². The summed E-state index contributed by atoms with van der Waals surface area (Å²) in [6.45, 7) is 6.33. The molecule has 0 amide bonds. The molecule has 206 valence electrons. The molecule has 1 saturated heterocycles. The summed E-state index contributed by atoms with van der Waals surface area (Å²) >= 11 is 0. The van der Waals surface area contributed by atoms with Gasteiger partial charge in [-0.05, 0) is 88.2 Å². The van der Waals surface area contributed by atoms with Crippen molar-refractivity contribution in [2.45, 2.75) is 56.8 Å². The van der Waals surface area contributed by atoms with Crippen molar-refractivity contribution in [3.8, 4) is 5.75 Å². The fraction of sp³-hybridized carbons (Fsp3) is 0.500. The average Bonchev–Trinajstić information content (AvgIpc) is 3.63. The zero-order valence-corrected chi connectivity index (χ0v) is 23.8. The van der Waals surface area contributed by atoms with E-state index in [1.165, 1.54) is 35.5 Å². The van der Waals surface area contributed by atoms with Crippen LogP contribution in [0.1, 0.15) is 55.1 Å². The molecule has 4 aliphatic rings. The normalized spacial score (nSPS) is 25.0. The Morgan fingerprint density at radius 1 is 1.10 bits per heavy atom. The molecule has 0 saturated carbocycles. The lowest BCUT2D eigenvalue weighted by atomic mass is 9.89. The van der Waals surface area contributed by atoms with Crippen LogP contribution in [0.15, 0.2) is 71.6 Å². The number of benzene rings is 1. The van der Waals surface area contributed by atoms with Crippen LogP contribution in [-0.2, 0) is 6.42 Å². The third-order valence-electron chi connectivity index (χ3n) is 9.05. The first-order valence-corrected chi connectivity index (χ1v) is 14.5. The quantitative estimate of drug-likeness (QED) is 0.499. The van der Waals surface area contributed by atoms with Crippen molar-refractivity contribution >= 4 is 5.84 Å². The van der Waals surface area contributed by atoms with Crippen molar-refractivity contribution in [3.63, 3.8) is 0 Å². The van der Waals surface area contributed by atoms with Crippen LogP contribution in [0.25, 0.3) is 0 Å². The van der Waals surface area contributed by atoms with Gasteiger partial charge < -0.3 is 19.4 Å². The number of hydrogen-bond acceptors (Lipinski definition) is 7. The van der Waals surface area contributed by atoms with Gasteiger partial charge >= 0.3 is 0 Å². The second-order valence-electron chi connectivity index (χ2n) is 11.6. The number of likely N-dealkylation sites (N-methyl/N-ethyl adjacent to an activating group) is 1. The van der Waals surface area contributed by atoms with Gasteiger partial charge in [0.25, 0.3) is 0 Å². The number of aromatic nitrogens is 1. The fourth-order valence-electron chi connectivity index (χ4n) is 6.78. The number of allylic oxidation sites excluding steroid dienone is 2. The summed E-state index contributed by atoms with van der Waals surface area (Å²) in [6, 6.07) is 14.2. The summed E-state index contributed by atoms with van der Waals surface area (Å²) in [5.41, 5.74) is 3.95. The molecule has 7 nitrogen and oxygen atoms in total. The third-order valence-corrected chi connectivity index (χ3v) is 9.05. The van der Waals surface area contributed by atoms with E-state index in [2.05, 4.69) is 95.2 Å². The maximum absolute atomic E-state index is 5.44. The predicted octanol–water partition coefficient (Wildman–Crippen LogP) is 4.66. The molecule has 4 heterocycles. The number of hydrogen-bond donors (Lipinski definition) is 0. The second kappa shape index (κ2) is 11.1. The molecule has 4 atom stereocenters. The van der Waals surface area contributed by atoms with Gasteiger partial charge in [-0.15, -0.1) is 0 Å². The number of likely N-dealkylation sites (tertiary alicyclic amines) is 1. The van der Waals surface area contributed by atoms with Gasteiger partial charge in [-0.2, -0.15) is 0 Å². The van der Waals surface area contributed by atoms with Crippen molar-refractivity contribution < 1.29 is 4.74 Å². The lowest BCUT2D eigenvalue weighted by Crippen LogP contribution is -2.42. The first kappa shape index (κ1) is 26.1. The van der Waals surface area contributed by atoms with E-state index in [4.69, 9.17) is 14.7 Å². The fourth-order valence-corrected chi connectivity index (χ4v) is 6.78. The van der Waals surface area contributed by atoms with E-state index >= 15 is 0 Å². The molecule has 3 aliphatic heterocycles. The molecule has 1 aromatic heterocycles. The molecule has 0 bridgehead atoms. The number of methoxy groups -OCH3 is 1. The largest absolute Gasteiger partial charge is 0.497 e. The summed E-state index contributed by atoms with van der Waals surface area (Å²) in [7, 11) is 6.11. The van der Waals surface area contributed by atoms with Gasteiger partial charge in [-0.25, -0.2) is 0 Å². The van der Waals surface area contributed by atoms with Crippen molar-refractivity contribution in [1.82, 2.24) is 24.6 Å². The summed E-state index contributed by atoms with van der Waals surface area (Å²) in [5, 5.41) is 0. The number of fused-ring (bicyclic) bond motifs is 2. The molecule has 0 radical (unpaired) electrons. The highest BCUT2D eigenvalue weighted by Gasteiger charge is 2.37. The lowest BCUT2D eigenvalue weighted by molar-refractivity contribution is 0.115. The van der Waals surface area contributed by atoms with Crippen LogP contribution < -0.4 is 4.74 Å². The van der Waals surface area contributed by atoms with E-state index in [0.29, 0.717) is 6.04 Å². The highest BCUT2D eigenvalue weighted by Crippen LogP contribution is 2.39. The second-order valence-corrected chi connectivity index (χ2v) is 11.6. The Morgan fingerprint density at radius 2 is 1.95 bits per heavy atom. The minimum Gasteiger partial charge on any atom is -0.497 e. The molecule has 0 spiro atoms. The van der Waals surface area contributed by atoms with E-state index in [-0.39, 0.29) is 18.1 Å². The van der Waals surface area contributed by atoms with E-state index in [9.17, 15) is 0 Å². The molecule has 0 N–H and O–H groups in total. The van der Waals surface area contributed by atoms with Crippen LogP contribution in [0.5, 0.6) is 5.75 Å². The van der Waals surface area contributed by atoms with Gasteiger partial charge in [0, 0.05) is 44.5 Å². The molecular formula is C32H42N6O. The Balaban J connectivity index is 1.25. The Labute approximate surface area is 233 Å². The van der Waals surface area contributed by atoms with Crippen LogP contribution in [0, 0.1) is 0 Å². The molecule has 1 aliphatic carbocycles. The molecule has 39 heavy (non-hydrogen) atoms. The smallest absolute Gasteiger partial charge is 0.129 e. The van der Waals surface area contributed by atoms with Crippen LogP contribution in [-0.4, -0.2) is 89.9 Å². The molecule has 6 rings (SSSR count). The van der Waals surface area contributed by atoms with Gasteiger partial charge in [0.05, 0.1) is 24.9 Å². The van der Waals surface area contributed by atoms with Gasteiger partial charge in [-0.3, -0.25) is 14.9 Å². The monoisotopic (exact) mass is 526 g/mol. The minimum atomic E-state index is 0.202. The molecular weight excluding hydrogens is 484 g/mol. The standard InChI is InChI=1S/C32H42N6O/c1-23(24-13-15-28(39-4)16-14-24)37(29-10-5-8-25-9-7-18-33-32(25)29)20-26-21-38-30(34-26)11-6-12-31(38)36-19-17-27(22-36)35(2)3/h6-7,9,11-16,18,23,26-27,29H,5,8,10,17,19-22H2,1-4H3/t23-,26?,27+,29-/m0/s1. The SMILES string of the molecule is COc1ccc([C@H](C)N(CC2CN3C(N4CC[C@@H](N(C)C)C4)=CC=CC3=N2)[C@H]2CCCc3cccnc32)cc1. The van der Waals surface area contributed by atoms with Gasteiger partial charge in [-0.1, -0.05) is 24.3 Å². The number of nitrogens with zero attached hydrogens (tertiary/aromatic N) is 6. The highest BCUT2D eigenvalue weighted by molar-refractivity contribution is 5.97. The first-order valence-electron chi connectivity index (χ1n) is 14.5. The highest BCUT2D eigenvalue weighted by atomic mass is 16.5. The topological polar surface area (TPSA) is 47.4 Å². The summed E-state index contributed by atoms with van der Waals surface area (Å²) in [5.74, 6) is 3.30. The zero-order chi connectivity index (χ0) is 26.9. The number of ether oxygens (including phenoxy) is 1. The zero-order valence-electron chi connectivity index (χ0n) is 23.8. The Morgan fingerprint density at radius 3 is 2.72 bits per heavy atom. The Hall–Kier alpha value is -3.16. The van der Waals surface area contributed by atoms with Crippen LogP contribution >= 0.6 is 0 Å². The molecule has 1 aromatic carbocycles. The summed E-state index contributed by atoms with van der Waals surface area (Å²) in [4.78, 5) is 20.2. The van der Waals surface area contributed by atoms with Crippen LogP contribution in [0.4, 0.5) is 0 Å². The number of aliphatic imine (C=N–C) groups is 1. The van der Waals surface area contributed by atoms with Crippen molar-refractivity contribution in [2.24, 2.45) is 4.99 Å². The van der Waals surface area contributed by atoms with E-state index in [0.717, 1.165) is 50.6 Å². The Bertz CT molecular complexity index is 1250. The van der Waals surface area contributed by atoms with Crippen LogP contribution in [0.2, 0.25) is 0 Å². The van der Waals surface area contributed by atoms with Crippen LogP contribution in [0.3, 0.4) is 0 Å². The molecule has 2 aromatic rings. The number of aryl methyl sites for hydroxylation is 1. The molecule has 7 heteroatoms. The lowest BCUT2D eigenvalue weighted by Gasteiger charge is -2.40. The minimum absolute atomic E-state index is 0.202. The third kappa shape index (κ3) is 5.22.